The van der Waals surface area contributed by atoms with Crippen molar-refractivity contribution >= 4 is 23.1 Å². The fourth-order valence-electron chi connectivity index (χ4n) is 6.61. The van der Waals surface area contributed by atoms with E-state index in [4.69, 9.17) is 4.74 Å². The number of hydrogen-bond donors (Lipinski definition) is 0. The van der Waals surface area contributed by atoms with Crippen LogP contribution in [0.2, 0.25) is 0 Å². The predicted octanol–water partition coefficient (Wildman–Crippen LogP) is 5.56. The molecule has 184 valence electrons. The number of rotatable bonds is 2. The highest BCUT2D eigenvalue weighted by Crippen LogP contribution is 2.67. The van der Waals surface area contributed by atoms with Crippen molar-refractivity contribution in [3.8, 4) is 0 Å². The number of carbonyl (C=O) groups is 4. The van der Waals surface area contributed by atoms with Crippen molar-refractivity contribution < 1.29 is 28.3 Å². The van der Waals surface area contributed by atoms with Crippen LogP contribution >= 0.6 is 0 Å². The van der Waals surface area contributed by atoms with Crippen LogP contribution in [-0.2, 0) is 4.74 Å². The van der Waals surface area contributed by atoms with Crippen LogP contribution in [0.15, 0.2) is 103 Å². The second-order valence-electron chi connectivity index (χ2n) is 9.91. The summed E-state index contributed by atoms with van der Waals surface area (Å²) in [4.78, 5) is 57.5. The van der Waals surface area contributed by atoms with E-state index in [1.807, 2.05) is 0 Å². The minimum atomic E-state index is -2.19. The molecule has 0 saturated carbocycles. The summed E-state index contributed by atoms with van der Waals surface area (Å²) in [5.41, 5.74) is -2.60. The highest BCUT2D eigenvalue weighted by Gasteiger charge is 2.79. The number of fused-ring (bicyclic) bond motifs is 2. The molecule has 0 amide bonds. The van der Waals surface area contributed by atoms with E-state index in [-0.39, 0.29) is 22.3 Å². The summed E-state index contributed by atoms with van der Waals surface area (Å²) in [6, 6.07) is 26.8. The molecule has 5 nitrogen and oxygen atoms in total. The van der Waals surface area contributed by atoms with Crippen molar-refractivity contribution in [1.82, 2.24) is 0 Å². The summed E-state index contributed by atoms with van der Waals surface area (Å²) in [6.07, 6.45) is -1.24. The topological polar surface area (TPSA) is 77.5 Å². The first-order chi connectivity index (χ1) is 18.4. The van der Waals surface area contributed by atoms with Gasteiger partial charge < -0.3 is 4.74 Å². The molecule has 2 aliphatic carbocycles. The monoisotopic (exact) mass is 502 g/mol. The molecule has 38 heavy (non-hydrogen) atoms. The summed E-state index contributed by atoms with van der Waals surface area (Å²) in [5.74, 6) is -4.12. The van der Waals surface area contributed by atoms with Gasteiger partial charge in [-0.2, -0.15) is 0 Å². The minimum Gasteiger partial charge on any atom is -0.348 e. The number of ether oxygens (including phenoxy) is 1. The summed E-state index contributed by atoms with van der Waals surface area (Å²) in [7, 11) is 0. The van der Waals surface area contributed by atoms with Gasteiger partial charge in [-0.3, -0.25) is 19.2 Å². The molecule has 0 unspecified atom stereocenters. The van der Waals surface area contributed by atoms with Gasteiger partial charge in [0.15, 0.2) is 11.6 Å². The highest BCUT2D eigenvalue weighted by molar-refractivity contribution is 6.37. The quantitative estimate of drug-likeness (QED) is 0.335. The van der Waals surface area contributed by atoms with Crippen LogP contribution in [0.1, 0.15) is 64.6 Å². The van der Waals surface area contributed by atoms with E-state index in [1.54, 1.807) is 78.9 Å². The maximum atomic E-state index is 14.5. The van der Waals surface area contributed by atoms with Gasteiger partial charge in [-0.25, -0.2) is 4.39 Å². The van der Waals surface area contributed by atoms with Crippen molar-refractivity contribution in [2.45, 2.75) is 17.6 Å². The molecule has 6 heteroatoms. The normalized spacial score (nSPS) is 22.3. The predicted molar refractivity (Wildman–Crippen MR) is 135 cm³/mol. The van der Waals surface area contributed by atoms with E-state index in [9.17, 15) is 23.6 Å². The Morgan fingerprint density at radius 2 is 0.974 bits per heavy atom. The molecule has 2 atom stereocenters. The van der Waals surface area contributed by atoms with Gasteiger partial charge in [-0.15, -0.1) is 0 Å². The van der Waals surface area contributed by atoms with Crippen LogP contribution in [0, 0.1) is 11.2 Å². The first-order valence-electron chi connectivity index (χ1n) is 12.3. The first-order valence-corrected chi connectivity index (χ1v) is 12.3. The van der Waals surface area contributed by atoms with Gasteiger partial charge in [0.05, 0.1) is 5.92 Å². The Balaban J connectivity index is 1.59. The van der Waals surface area contributed by atoms with Gasteiger partial charge in [-0.1, -0.05) is 91.0 Å². The van der Waals surface area contributed by atoms with E-state index in [2.05, 4.69) is 0 Å². The largest absolute Gasteiger partial charge is 0.348 e. The van der Waals surface area contributed by atoms with Crippen molar-refractivity contribution in [3.63, 3.8) is 0 Å². The first kappa shape index (κ1) is 22.6. The lowest BCUT2D eigenvalue weighted by Gasteiger charge is -2.34. The van der Waals surface area contributed by atoms with Crippen LogP contribution < -0.4 is 0 Å². The van der Waals surface area contributed by atoms with Gasteiger partial charge in [0.1, 0.15) is 17.3 Å². The van der Waals surface area contributed by atoms with Crippen molar-refractivity contribution in [1.29, 1.82) is 0 Å². The Bertz CT molecular complexity index is 1620. The van der Waals surface area contributed by atoms with Crippen LogP contribution in [-0.4, -0.2) is 28.7 Å². The Hall–Kier alpha value is -4.55. The van der Waals surface area contributed by atoms with E-state index in [0.717, 1.165) is 0 Å². The molecule has 2 spiro atoms. The van der Waals surface area contributed by atoms with Crippen molar-refractivity contribution in [2.75, 3.05) is 0 Å². The molecule has 0 bridgehead atoms. The summed E-state index contributed by atoms with van der Waals surface area (Å²) >= 11 is 0. The van der Waals surface area contributed by atoms with Crippen molar-refractivity contribution in [2.24, 2.45) is 5.41 Å². The second-order valence-corrected chi connectivity index (χ2v) is 9.91. The molecule has 4 aromatic carbocycles. The molecule has 3 aliphatic rings. The van der Waals surface area contributed by atoms with E-state index in [0.29, 0.717) is 11.1 Å². The fourth-order valence-corrected chi connectivity index (χ4v) is 6.61. The maximum Gasteiger partial charge on any atom is 0.204 e. The Labute approximate surface area is 216 Å². The van der Waals surface area contributed by atoms with Gasteiger partial charge in [-0.05, 0) is 23.3 Å². The third-order valence-electron chi connectivity index (χ3n) is 8.14. The zero-order valence-corrected chi connectivity index (χ0v) is 19.9. The summed E-state index contributed by atoms with van der Waals surface area (Å²) < 4.78 is 20.7. The molecule has 1 aliphatic heterocycles. The third-order valence-corrected chi connectivity index (χ3v) is 8.14. The zero-order chi connectivity index (χ0) is 26.2. The summed E-state index contributed by atoms with van der Waals surface area (Å²) in [6.45, 7) is 0. The Morgan fingerprint density at radius 1 is 0.526 bits per heavy atom. The third kappa shape index (κ3) is 2.57. The molecule has 7 rings (SSSR count). The lowest BCUT2D eigenvalue weighted by Crippen LogP contribution is -2.51. The van der Waals surface area contributed by atoms with Crippen LogP contribution in [0.25, 0.3) is 0 Å². The van der Waals surface area contributed by atoms with E-state index >= 15 is 0 Å². The Morgan fingerprint density at radius 3 is 1.47 bits per heavy atom. The molecular weight excluding hydrogens is 483 g/mol. The SMILES string of the molecule is O=C1c2ccccc2C(=O)C12O[C@H](c1ccccc1)C1(C(=O)c3ccccc3C1=O)[C@H]2c1ccc(F)cc1. The molecule has 1 heterocycles. The number of carbonyl (C=O) groups excluding carboxylic acids is 4. The zero-order valence-electron chi connectivity index (χ0n) is 19.9. The number of halogens is 1. The standard InChI is InChI=1S/C32H19FO5/c33-20-16-14-18(15-17-20)25-31(26(34)21-10-4-5-11-22(21)27(31)35)30(19-8-2-1-3-9-19)38-32(25)28(36)23-12-6-7-13-24(23)29(32)37/h1-17,25,30H/t25-,30-/m1/s1. The molecular formula is C32H19FO5. The molecule has 1 saturated heterocycles. The minimum absolute atomic E-state index is 0.170. The number of benzene rings is 4. The number of Topliss-reactive ketones (excluding diaryl/α,β-unsaturated/α-hetero) is 4. The van der Waals surface area contributed by atoms with Gasteiger partial charge in [0.25, 0.3) is 0 Å². The van der Waals surface area contributed by atoms with Gasteiger partial charge >= 0.3 is 0 Å². The lowest BCUT2D eigenvalue weighted by molar-refractivity contribution is -0.0210. The van der Waals surface area contributed by atoms with Gasteiger partial charge in [0, 0.05) is 22.3 Å². The maximum absolute atomic E-state index is 14.5. The van der Waals surface area contributed by atoms with E-state index < -0.39 is 52.0 Å². The Kier molecular flexibility index (Phi) is 4.60. The lowest BCUT2D eigenvalue weighted by atomic mass is 9.60. The molecule has 0 N–H and O–H groups in total. The molecule has 4 aromatic rings. The average Bonchev–Trinajstić information content (AvgIpc) is 3.48. The highest BCUT2D eigenvalue weighted by atomic mass is 19.1. The number of ketones is 4. The summed E-state index contributed by atoms with van der Waals surface area (Å²) in [5, 5.41) is 0. The van der Waals surface area contributed by atoms with E-state index in [1.165, 1.54) is 24.3 Å². The smallest absolute Gasteiger partial charge is 0.204 e. The van der Waals surface area contributed by atoms with Crippen LogP contribution in [0.5, 0.6) is 0 Å². The fraction of sp³-hybridized carbons (Fsp3) is 0.125. The molecule has 1 fully saturated rings. The van der Waals surface area contributed by atoms with Crippen molar-refractivity contribution in [3.05, 3.63) is 142 Å². The van der Waals surface area contributed by atoms with Crippen LogP contribution in [0.3, 0.4) is 0 Å². The molecule has 0 radical (unpaired) electrons. The van der Waals surface area contributed by atoms with Crippen LogP contribution in [0.4, 0.5) is 4.39 Å². The molecule has 0 aromatic heterocycles. The number of hydrogen-bond acceptors (Lipinski definition) is 5. The van der Waals surface area contributed by atoms with Gasteiger partial charge in [0.2, 0.25) is 17.2 Å². The second kappa shape index (κ2) is 7.73. The average molecular weight is 502 g/mol.